The van der Waals surface area contributed by atoms with E-state index in [1.807, 2.05) is 0 Å². The number of ether oxygens (including phenoxy) is 4. The standard InChI is InChI=1S/C25H36N9O18P3/c1-9(2)47-16-11(48-22(14(16)35)33-7-27-12-18(33)28-10(3)29-20(12)37)6-46-53(39,40)51-55(43,44)52-54(41,42)50-24-17(45-5)15(36)23(49-24)34-8-32(4)13-19(34)30-25(26)31-21(13)38/h7-9,11,14-17,22-24,35-36H,6H2,1-5H3,(H6-,26,28,29,30,31,37,38,39,40,41,42,43,44)/p+1/t11-,14?,15+,16+,17?,22-,23-,24-/m1/s1. The average molecular weight is 845 g/mol. The zero-order valence-electron chi connectivity index (χ0n) is 29.2. The maximum Gasteiger partial charge on any atom is 0.490 e. The van der Waals surface area contributed by atoms with Gasteiger partial charge in [-0.1, -0.05) is 4.98 Å². The number of aliphatic hydroxyl groups excluding tert-OH is 2. The fraction of sp³-hybridized carbons (Fsp3) is 0.600. The van der Waals surface area contributed by atoms with E-state index < -0.39 is 96.6 Å². The lowest BCUT2D eigenvalue weighted by Gasteiger charge is -2.24. The summed E-state index contributed by atoms with van der Waals surface area (Å²) in [5.74, 6) is -0.0548. The minimum absolute atomic E-state index is 0.00368. The van der Waals surface area contributed by atoms with Crippen LogP contribution in [0.3, 0.4) is 0 Å². The molecule has 4 aromatic heterocycles. The summed E-state index contributed by atoms with van der Waals surface area (Å²) in [6.45, 7) is 3.82. The molecule has 9 N–H and O–H groups in total. The lowest BCUT2D eigenvalue weighted by atomic mass is 10.1. The first-order chi connectivity index (χ1) is 25.6. The number of fused-ring (bicyclic) bond motifs is 2. The van der Waals surface area contributed by atoms with E-state index in [9.17, 15) is 48.2 Å². The van der Waals surface area contributed by atoms with E-state index in [-0.39, 0.29) is 34.1 Å². The normalized spacial score (nSPS) is 29.2. The van der Waals surface area contributed by atoms with Crippen molar-refractivity contribution in [1.29, 1.82) is 0 Å². The number of H-pyrrole nitrogens is 2. The Hall–Kier alpha value is -3.33. The molecule has 0 spiro atoms. The number of aromatic nitrogens is 8. The van der Waals surface area contributed by atoms with Gasteiger partial charge in [-0.3, -0.25) is 32.8 Å². The molecule has 5 unspecified atom stereocenters. The van der Waals surface area contributed by atoms with Gasteiger partial charge < -0.3 is 54.6 Å². The van der Waals surface area contributed by atoms with Crippen LogP contribution in [0.2, 0.25) is 0 Å². The second kappa shape index (κ2) is 15.2. The Morgan fingerprint density at radius 2 is 1.69 bits per heavy atom. The van der Waals surface area contributed by atoms with Crippen molar-refractivity contribution in [3.63, 3.8) is 0 Å². The third-order valence-corrected chi connectivity index (χ3v) is 12.4. The van der Waals surface area contributed by atoms with Crippen molar-refractivity contribution in [2.45, 2.75) is 76.1 Å². The molecule has 30 heteroatoms. The van der Waals surface area contributed by atoms with Crippen molar-refractivity contribution in [1.82, 2.24) is 34.1 Å². The molecule has 6 heterocycles. The van der Waals surface area contributed by atoms with Gasteiger partial charge in [0.25, 0.3) is 17.1 Å². The number of methoxy groups -OCH3 is 1. The van der Waals surface area contributed by atoms with Gasteiger partial charge in [-0.25, -0.2) is 28.2 Å². The van der Waals surface area contributed by atoms with E-state index >= 15 is 0 Å². The zero-order chi connectivity index (χ0) is 40.4. The molecule has 2 aliphatic rings. The molecule has 0 aliphatic carbocycles. The molecule has 0 aromatic carbocycles. The monoisotopic (exact) mass is 844 g/mol. The van der Waals surface area contributed by atoms with Crippen molar-refractivity contribution in [3.8, 4) is 0 Å². The molecule has 4 aromatic rings. The number of hydrogen-bond donors (Lipinski definition) is 8. The number of nitrogens with two attached hydrogens (primary N) is 1. The fourth-order valence-corrected chi connectivity index (χ4v) is 9.63. The van der Waals surface area contributed by atoms with Gasteiger partial charge in [-0.2, -0.15) is 8.62 Å². The van der Waals surface area contributed by atoms with Crippen LogP contribution in [0.1, 0.15) is 32.1 Å². The predicted octanol–water partition coefficient (Wildman–Crippen LogP) is -1.78. The van der Waals surface area contributed by atoms with Crippen LogP contribution in [-0.2, 0) is 57.4 Å². The number of rotatable bonds is 14. The molecule has 0 bridgehead atoms. The van der Waals surface area contributed by atoms with Crippen LogP contribution in [0.15, 0.2) is 22.2 Å². The van der Waals surface area contributed by atoms with Crippen molar-refractivity contribution in [2.24, 2.45) is 7.05 Å². The van der Waals surface area contributed by atoms with Crippen LogP contribution in [0.25, 0.3) is 22.3 Å². The number of aryl methyl sites for hydroxylation is 2. The van der Waals surface area contributed by atoms with Crippen molar-refractivity contribution in [2.75, 3.05) is 19.5 Å². The lowest BCUT2D eigenvalue weighted by Crippen LogP contribution is -2.46. The number of nitrogen functional groups attached to an aromatic ring is 1. The average Bonchev–Trinajstić information content (AvgIpc) is 3.77. The minimum Gasteiger partial charge on any atom is -0.386 e. The highest BCUT2D eigenvalue weighted by Gasteiger charge is 2.53. The fourth-order valence-electron chi connectivity index (χ4n) is 6.04. The summed E-state index contributed by atoms with van der Waals surface area (Å²) in [5.41, 5.74) is 4.35. The molecule has 304 valence electrons. The van der Waals surface area contributed by atoms with Gasteiger partial charge in [0.2, 0.25) is 18.0 Å². The summed E-state index contributed by atoms with van der Waals surface area (Å²) in [6, 6.07) is 0. The van der Waals surface area contributed by atoms with Gasteiger partial charge in [-0.15, -0.1) is 0 Å². The predicted molar refractivity (Wildman–Crippen MR) is 178 cm³/mol. The van der Waals surface area contributed by atoms with E-state index in [0.717, 1.165) is 11.7 Å². The van der Waals surface area contributed by atoms with Crippen molar-refractivity contribution < 1.29 is 79.8 Å². The van der Waals surface area contributed by atoms with E-state index in [0.29, 0.717) is 0 Å². The highest BCUT2D eigenvalue weighted by Crippen LogP contribution is 2.68. The Kier molecular flexibility index (Phi) is 11.4. The highest BCUT2D eigenvalue weighted by atomic mass is 31.3. The third-order valence-electron chi connectivity index (χ3n) is 8.12. The molecule has 0 saturated carbocycles. The number of aliphatic hydroxyl groups is 2. The van der Waals surface area contributed by atoms with Crippen molar-refractivity contribution >= 4 is 51.7 Å². The molecule has 2 fully saturated rings. The van der Waals surface area contributed by atoms with Crippen LogP contribution in [0.4, 0.5) is 5.95 Å². The number of anilines is 1. The molecule has 6 rings (SSSR count). The molecule has 0 amide bonds. The topological polar surface area (TPSA) is 370 Å². The van der Waals surface area contributed by atoms with Crippen LogP contribution in [0, 0.1) is 6.92 Å². The summed E-state index contributed by atoms with van der Waals surface area (Å²) in [4.78, 5) is 72.7. The van der Waals surface area contributed by atoms with Gasteiger partial charge in [0.15, 0.2) is 23.7 Å². The lowest BCUT2D eigenvalue weighted by molar-refractivity contribution is -0.747. The molecule has 11 atom stereocenters. The van der Waals surface area contributed by atoms with Crippen LogP contribution in [-0.4, -0.2) is 116 Å². The molecule has 2 aliphatic heterocycles. The summed E-state index contributed by atoms with van der Waals surface area (Å²) >= 11 is 0. The summed E-state index contributed by atoms with van der Waals surface area (Å²) < 4.78 is 82.6. The Morgan fingerprint density at radius 1 is 1.00 bits per heavy atom. The second-order valence-corrected chi connectivity index (χ2v) is 17.1. The number of aromatic amines is 2. The first kappa shape index (κ1) is 41.3. The Labute approximate surface area is 307 Å². The van der Waals surface area contributed by atoms with Crippen LogP contribution < -0.4 is 21.4 Å². The highest BCUT2D eigenvalue weighted by molar-refractivity contribution is 7.66. The van der Waals surface area contributed by atoms with Crippen LogP contribution in [0.5, 0.6) is 0 Å². The molecule has 2 saturated heterocycles. The molecular weight excluding hydrogens is 807 g/mol. The number of imidazole rings is 2. The number of phosphoric acid groups is 3. The van der Waals surface area contributed by atoms with Gasteiger partial charge in [-0.05, 0) is 20.8 Å². The zero-order valence-corrected chi connectivity index (χ0v) is 31.9. The Morgan fingerprint density at radius 3 is 2.36 bits per heavy atom. The first-order valence-corrected chi connectivity index (χ1v) is 20.4. The maximum absolute atomic E-state index is 12.9. The summed E-state index contributed by atoms with van der Waals surface area (Å²) in [6.07, 6.45) is -10.3. The summed E-state index contributed by atoms with van der Waals surface area (Å²) in [7, 11) is -15.0. The van der Waals surface area contributed by atoms with E-state index in [1.165, 1.54) is 35.8 Å². The second-order valence-electron chi connectivity index (χ2n) is 12.5. The van der Waals surface area contributed by atoms with Crippen LogP contribution >= 0.6 is 23.5 Å². The first-order valence-electron chi connectivity index (χ1n) is 15.9. The van der Waals surface area contributed by atoms with E-state index in [1.54, 1.807) is 13.8 Å². The van der Waals surface area contributed by atoms with Gasteiger partial charge in [0.1, 0.15) is 36.3 Å². The van der Waals surface area contributed by atoms with Crippen molar-refractivity contribution in [3.05, 3.63) is 39.2 Å². The molecular formula is C25H37N9O18P3+. The van der Waals surface area contributed by atoms with Gasteiger partial charge >= 0.3 is 29.1 Å². The largest absolute Gasteiger partial charge is 0.490 e. The number of nitrogens with one attached hydrogen (secondary N) is 2. The van der Waals surface area contributed by atoms with E-state index in [2.05, 4.69) is 33.5 Å². The molecule has 0 radical (unpaired) electrons. The molecule has 55 heavy (non-hydrogen) atoms. The maximum atomic E-state index is 12.9. The number of nitrogens with zero attached hydrogens (tertiary/aromatic N) is 6. The van der Waals surface area contributed by atoms with Gasteiger partial charge in [0, 0.05) is 7.11 Å². The SMILES string of the molecule is COC1[C@@H](OP(=O)(O)OP(=O)(O)OP(=O)(O)OC[C@H]2O[C@@H](n3cnc4c(=O)[nH]c(C)nc43)C(O)[C@H]2OC(C)C)O[C@@H]([n+]2cn(C)c3c(=O)[nH]c(N)nc32)[C@H]1O. The minimum atomic E-state index is -6.03. The van der Waals surface area contributed by atoms with E-state index in [4.69, 9.17) is 33.7 Å². The Balaban J connectivity index is 1.12. The smallest absolute Gasteiger partial charge is 0.386 e. The number of phosphoric ester groups is 2. The summed E-state index contributed by atoms with van der Waals surface area (Å²) in [5, 5.41) is 22.1. The number of hydrogen-bond acceptors (Lipinski definition) is 19. The third kappa shape index (κ3) is 8.52. The quantitative estimate of drug-likeness (QED) is 0.0514. The molecule has 27 nitrogen and oxygen atoms in total. The van der Waals surface area contributed by atoms with Gasteiger partial charge in [0.05, 0.1) is 26.1 Å². The Bertz CT molecular complexity index is 2350.